The van der Waals surface area contributed by atoms with Gasteiger partial charge in [-0.1, -0.05) is 29.8 Å². The monoisotopic (exact) mass is 415 g/mol. The van der Waals surface area contributed by atoms with E-state index in [-0.39, 0.29) is 10.7 Å². The first-order chi connectivity index (χ1) is 13.5. The molecule has 0 amide bonds. The molecule has 142 valence electrons. The number of benzene rings is 2. The molecule has 0 unspecified atom stereocenters. The van der Waals surface area contributed by atoms with Crippen molar-refractivity contribution >= 4 is 40.8 Å². The second-order valence-electron chi connectivity index (χ2n) is 5.50. The van der Waals surface area contributed by atoms with Crippen LogP contribution in [0.4, 0.5) is 5.69 Å². The van der Waals surface area contributed by atoms with E-state index in [0.717, 1.165) is 16.5 Å². The number of aromatic amines is 1. The van der Waals surface area contributed by atoms with Gasteiger partial charge in [-0.25, -0.2) is 9.36 Å². The number of nitrogens with zero attached hydrogens (tertiary/aromatic N) is 2. The zero-order chi connectivity index (χ0) is 20.1. The van der Waals surface area contributed by atoms with Crippen LogP contribution >= 0.6 is 23.8 Å². The van der Waals surface area contributed by atoms with Crippen LogP contribution in [0.3, 0.4) is 0 Å². The summed E-state index contributed by atoms with van der Waals surface area (Å²) in [5.41, 5.74) is 1.81. The number of aromatic nitrogens is 2. The van der Waals surface area contributed by atoms with E-state index >= 15 is 0 Å². The van der Waals surface area contributed by atoms with Crippen LogP contribution in [-0.2, 0) is 0 Å². The fraction of sp³-hybridized carbons (Fsp3) is 0. The van der Waals surface area contributed by atoms with Gasteiger partial charge in [0.1, 0.15) is 5.56 Å². The molecule has 0 fully saturated rings. The largest absolute Gasteiger partial charge is 0.493 e. The topological polar surface area (TPSA) is 112 Å². The number of hydrogen-bond donors (Lipinski definition) is 4. The Balaban J connectivity index is 1.84. The van der Waals surface area contributed by atoms with Gasteiger partial charge in [-0.2, -0.15) is 5.10 Å². The molecule has 0 aliphatic carbocycles. The molecular weight excluding hydrogens is 402 g/mol. The summed E-state index contributed by atoms with van der Waals surface area (Å²) in [7, 11) is 0. The molecule has 0 bridgehead atoms. The van der Waals surface area contributed by atoms with Gasteiger partial charge in [-0.15, -0.1) is 0 Å². The van der Waals surface area contributed by atoms with Crippen molar-refractivity contribution in [3.05, 3.63) is 86.0 Å². The average molecular weight is 416 g/mol. The maximum atomic E-state index is 12.1. The first-order valence-electron chi connectivity index (χ1n) is 7.95. The summed E-state index contributed by atoms with van der Waals surface area (Å²) in [5, 5.41) is 17.8. The number of hydrazone groups is 1. The summed E-state index contributed by atoms with van der Waals surface area (Å²) in [5.74, 6) is -0.566. The highest BCUT2D eigenvalue weighted by atomic mass is 35.5. The molecule has 0 aliphatic rings. The van der Waals surface area contributed by atoms with Crippen molar-refractivity contribution in [2.75, 3.05) is 5.32 Å². The molecule has 0 spiro atoms. The van der Waals surface area contributed by atoms with Gasteiger partial charge in [0.15, 0.2) is 5.11 Å². The third-order valence-electron chi connectivity index (χ3n) is 3.60. The summed E-state index contributed by atoms with van der Waals surface area (Å²) in [6, 6.07) is 15.3. The predicted molar refractivity (Wildman–Crippen MR) is 113 cm³/mol. The van der Waals surface area contributed by atoms with E-state index in [9.17, 15) is 14.7 Å². The molecule has 0 saturated carbocycles. The number of thiocarbonyl (C=S) groups is 1. The summed E-state index contributed by atoms with van der Waals surface area (Å²) in [4.78, 5) is 26.3. The van der Waals surface area contributed by atoms with Crippen molar-refractivity contribution in [2.24, 2.45) is 5.10 Å². The number of hydrogen-bond acceptors (Lipinski definition) is 5. The van der Waals surface area contributed by atoms with Crippen molar-refractivity contribution in [1.29, 1.82) is 0 Å². The third-order valence-corrected chi connectivity index (χ3v) is 4.04. The van der Waals surface area contributed by atoms with Gasteiger partial charge in [-0.05, 0) is 48.6 Å². The third kappa shape index (κ3) is 4.45. The first-order valence-corrected chi connectivity index (χ1v) is 8.73. The molecule has 3 aromatic rings. The highest BCUT2D eigenvalue weighted by Crippen LogP contribution is 2.17. The SMILES string of the molecule is O=c1[nH]c(=O)n(-c2ccc(Cl)cc2)c(O)c1C=NNC(=S)Nc1ccccc1. The Morgan fingerprint density at radius 3 is 2.50 bits per heavy atom. The van der Waals surface area contributed by atoms with Crippen LogP contribution in [0.5, 0.6) is 5.88 Å². The number of H-pyrrole nitrogens is 1. The van der Waals surface area contributed by atoms with Gasteiger partial charge >= 0.3 is 5.69 Å². The highest BCUT2D eigenvalue weighted by molar-refractivity contribution is 7.80. The fourth-order valence-electron chi connectivity index (χ4n) is 2.32. The molecule has 2 aromatic carbocycles. The lowest BCUT2D eigenvalue weighted by Crippen LogP contribution is -2.31. The molecule has 4 N–H and O–H groups in total. The van der Waals surface area contributed by atoms with E-state index in [4.69, 9.17) is 23.8 Å². The summed E-state index contributed by atoms with van der Waals surface area (Å²) in [6.07, 6.45) is 1.07. The Bertz CT molecular complexity index is 1140. The van der Waals surface area contributed by atoms with Gasteiger partial charge in [0.25, 0.3) is 5.56 Å². The molecule has 10 heteroatoms. The predicted octanol–water partition coefficient (Wildman–Crippen LogP) is 2.21. The molecule has 0 saturated heterocycles. The van der Waals surface area contributed by atoms with Crippen molar-refractivity contribution in [3.8, 4) is 11.6 Å². The molecule has 1 heterocycles. The highest BCUT2D eigenvalue weighted by Gasteiger charge is 2.14. The Hall–Kier alpha value is -3.43. The molecule has 3 rings (SSSR count). The molecule has 8 nitrogen and oxygen atoms in total. The number of aromatic hydroxyl groups is 1. The maximum absolute atomic E-state index is 12.1. The van der Waals surface area contributed by atoms with Crippen LogP contribution in [0.25, 0.3) is 5.69 Å². The smallest absolute Gasteiger partial charge is 0.335 e. The van der Waals surface area contributed by atoms with Crippen molar-refractivity contribution in [2.45, 2.75) is 0 Å². The van der Waals surface area contributed by atoms with Gasteiger partial charge in [0.05, 0.1) is 11.9 Å². The lowest BCUT2D eigenvalue weighted by molar-refractivity contribution is 0.430. The molecule has 0 atom stereocenters. The lowest BCUT2D eigenvalue weighted by atomic mass is 10.3. The maximum Gasteiger partial charge on any atom is 0.335 e. The minimum absolute atomic E-state index is 0.185. The number of rotatable bonds is 4. The van der Waals surface area contributed by atoms with Gasteiger partial charge in [0, 0.05) is 10.7 Å². The first kappa shape index (κ1) is 19.3. The lowest BCUT2D eigenvalue weighted by Gasteiger charge is -2.10. The minimum atomic E-state index is -0.795. The van der Waals surface area contributed by atoms with Crippen LogP contribution in [0.2, 0.25) is 5.02 Å². The van der Waals surface area contributed by atoms with Crippen LogP contribution in [-0.4, -0.2) is 26.0 Å². The van der Waals surface area contributed by atoms with E-state index in [1.807, 2.05) is 30.3 Å². The van der Waals surface area contributed by atoms with Crippen LogP contribution in [0.1, 0.15) is 5.56 Å². The molecule has 0 radical (unpaired) electrons. The number of nitrogens with one attached hydrogen (secondary N) is 3. The zero-order valence-corrected chi connectivity index (χ0v) is 15.8. The quantitative estimate of drug-likeness (QED) is 0.295. The van der Waals surface area contributed by atoms with Crippen molar-refractivity contribution in [3.63, 3.8) is 0 Å². The summed E-state index contributed by atoms with van der Waals surface area (Å²) in [6.45, 7) is 0. The number of halogens is 1. The Morgan fingerprint density at radius 1 is 1.14 bits per heavy atom. The normalized spacial score (nSPS) is 10.8. The van der Waals surface area contributed by atoms with E-state index in [1.165, 1.54) is 12.1 Å². The Morgan fingerprint density at radius 2 is 1.82 bits per heavy atom. The van der Waals surface area contributed by atoms with E-state index < -0.39 is 17.1 Å². The molecular formula is C18H14ClN5O3S. The van der Waals surface area contributed by atoms with E-state index in [1.54, 1.807) is 12.1 Å². The van der Waals surface area contributed by atoms with Gasteiger partial charge in [0.2, 0.25) is 5.88 Å². The standard InChI is InChI=1S/C18H14ClN5O3S/c19-11-6-8-13(9-7-11)24-16(26)14(15(25)22-18(24)27)10-20-23-17(28)21-12-4-2-1-3-5-12/h1-10,26H,(H2,21,23,28)(H,22,25,27). The molecule has 28 heavy (non-hydrogen) atoms. The Kier molecular flexibility index (Phi) is 5.87. The summed E-state index contributed by atoms with van der Waals surface area (Å²) >= 11 is 10.9. The number of para-hydroxylation sites is 1. The minimum Gasteiger partial charge on any atom is -0.493 e. The fourth-order valence-corrected chi connectivity index (χ4v) is 2.62. The average Bonchev–Trinajstić information content (AvgIpc) is 2.66. The molecule has 0 aliphatic heterocycles. The second kappa shape index (κ2) is 8.51. The van der Waals surface area contributed by atoms with Crippen LogP contribution < -0.4 is 22.0 Å². The van der Waals surface area contributed by atoms with Crippen molar-refractivity contribution < 1.29 is 5.11 Å². The van der Waals surface area contributed by atoms with Crippen molar-refractivity contribution in [1.82, 2.24) is 15.0 Å². The van der Waals surface area contributed by atoms with E-state index in [0.29, 0.717) is 10.7 Å². The van der Waals surface area contributed by atoms with Gasteiger partial charge in [-0.3, -0.25) is 15.2 Å². The van der Waals surface area contributed by atoms with Crippen LogP contribution in [0, 0.1) is 0 Å². The Labute approximate surface area is 169 Å². The zero-order valence-electron chi connectivity index (χ0n) is 14.2. The number of anilines is 1. The van der Waals surface area contributed by atoms with E-state index in [2.05, 4.69) is 20.8 Å². The van der Waals surface area contributed by atoms with Gasteiger partial charge < -0.3 is 10.4 Å². The van der Waals surface area contributed by atoms with Crippen LogP contribution in [0.15, 0.2) is 69.3 Å². The summed E-state index contributed by atoms with van der Waals surface area (Å²) < 4.78 is 0.930. The second-order valence-corrected chi connectivity index (χ2v) is 6.34. The molecule has 1 aromatic heterocycles.